The topological polar surface area (TPSA) is 67.4 Å². The number of fused-ring (bicyclic) bond motifs is 1. The van der Waals surface area contributed by atoms with Gasteiger partial charge in [-0.25, -0.2) is 13.1 Å². The molecule has 0 bridgehead atoms. The molecule has 0 aliphatic heterocycles. The van der Waals surface area contributed by atoms with E-state index in [9.17, 15) is 8.42 Å². The van der Waals surface area contributed by atoms with Crippen molar-refractivity contribution in [2.45, 2.75) is 31.6 Å². The van der Waals surface area contributed by atoms with Gasteiger partial charge >= 0.3 is 0 Å². The lowest BCUT2D eigenvalue weighted by Crippen LogP contribution is -2.30. The van der Waals surface area contributed by atoms with Crippen molar-refractivity contribution in [2.24, 2.45) is 11.8 Å². The molecule has 2 aromatic carbocycles. The molecule has 1 fully saturated rings. The SMILES string of the molecule is CNCC1Cc2ccc(OCCNS(=O)(=O)CC3CC3)cc2C1Cc1ccccc1. The van der Waals surface area contributed by atoms with Crippen molar-refractivity contribution >= 4 is 10.0 Å². The maximum absolute atomic E-state index is 12.0. The van der Waals surface area contributed by atoms with E-state index >= 15 is 0 Å². The highest BCUT2D eigenvalue weighted by Crippen LogP contribution is 2.41. The quantitative estimate of drug-likeness (QED) is 0.540. The standard InChI is InChI=1S/C24H32N2O3S/c1-25-16-21-14-20-9-10-22(29-12-11-26-30(27,28)17-19-7-8-19)15-24(20)23(21)13-18-5-3-2-4-6-18/h2-6,9-10,15,19,21,23,25-26H,7-8,11-14,16-17H2,1H3. The fourth-order valence-electron chi connectivity index (χ4n) is 4.51. The maximum atomic E-state index is 12.0. The molecular weight excluding hydrogens is 396 g/mol. The molecule has 5 nitrogen and oxygen atoms in total. The van der Waals surface area contributed by atoms with Gasteiger partial charge in [0.25, 0.3) is 0 Å². The molecule has 30 heavy (non-hydrogen) atoms. The molecule has 2 aromatic rings. The number of rotatable bonds is 11. The van der Waals surface area contributed by atoms with Crippen molar-refractivity contribution in [1.29, 1.82) is 0 Å². The minimum Gasteiger partial charge on any atom is -0.492 e. The molecule has 1 saturated carbocycles. The largest absolute Gasteiger partial charge is 0.492 e. The van der Waals surface area contributed by atoms with E-state index in [4.69, 9.17) is 4.74 Å². The second kappa shape index (κ2) is 9.50. The van der Waals surface area contributed by atoms with Crippen LogP contribution in [0.4, 0.5) is 0 Å². The molecule has 0 spiro atoms. The van der Waals surface area contributed by atoms with Gasteiger partial charge in [0.15, 0.2) is 0 Å². The Labute approximate surface area is 180 Å². The van der Waals surface area contributed by atoms with Gasteiger partial charge in [-0.15, -0.1) is 0 Å². The van der Waals surface area contributed by atoms with Crippen LogP contribution in [0.1, 0.15) is 35.4 Å². The molecule has 2 unspecified atom stereocenters. The first-order valence-corrected chi connectivity index (χ1v) is 12.6. The maximum Gasteiger partial charge on any atom is 0.211 e. The van der Waals surface area contributed by atoms with Crippen LogP contribution >= 0.6 is 0 Å². The first kappa shape index (κ1) is 21.3. The summed E-state index contributed by atoms with van der Waals surface area (Å²) in [7, 11) is -1.16. The third-order valence-electron chi connectivity index (χ3n) is 6.18. The Balaban J connectivity index is 1.38. The van der Waals surface area contributed by atoms with Crippen LogP contribution in [-0.4, -0.2) is 40.9 Å². The predicted octanol–water partition coefficient (Wildman–Crippen LogP) is 3.11. The van der Waals surface area contributed by atoms with Crippen LogP contribution in [0.5, 0.6) is 5.75 Å². The summed E-state index contributed by atoms with van der Waals surface area (Å²) in [6.07, 6.45) is 4.16. The van der Waals surface area contributed by atoms with E-state index in [1.807, 2.05) is 13.1 Å². The fraction of sp³-hybridized carbons (Fsp3) is 0.500. The summed E-state index contributed by atoms with van der Waals surface area (Å²) in [5.74, 6) is 2.44. The highest BCUT2D eigenvalue weighted by molar-refractivity contribution is 7.89. The van der Waals surface area contributed by atoms with Gasteiger partial charge in [-0.3, -0.25) is 0 Å². The summed E-state index contributed by atoms with van der Waals surface area (Å²) < 4.78 is 32.5. The lowest BCUT2D eigenvalue weighted by Gasteiger charge is -2.21. The molecule has 4 rings (SSSR count). The summed E-state index contributed by atoms with van der Waals surface area (Å²) in [5.41, 5.74) is 4.12. The lowest BCUT2D eigenvalue weighted by atomic mass is 9.86. The van der Waals surface area contributed by atoms with Crippen molar-refractivity contribution in [3.8, 4) is 5.75 Å². The molecule has 162 valence electrons. The molecule has 0 amide bonds. The highest BCUT2D eigenvalue weighted by Gasteiger charge is 2.32. The van der Waals surface area contributed by atoms with Gasteiger partial charge in [0.1, 0.15) is 12.4 Å². The minimum absolute atomic E-state index is 0.250. The summed E-state index contributed by atoms with van der Waals surface area (Å²) in [6, 6.07) is 17.0. The molecular formula is C24H32N2O3S. The van der Waals surface area contributed by atoms with Crippen LogP contribution in [0.15, 0.2) is 48.5 Å². The molecule has 2 atom stereocenters. The Morgan fingerprint density at radius 2 is 1.90 bits per heavy atom. The smallest absolute Gasteiger partial charge is 0.211 e. The Hall–Kier alpha value is -1.89. The molecule has 2 aliphatic rings. The average Bonchev–Trinajstić information content (AvgIpc) is 3.47. The van der Waals surface area contributed by atoms with E-state index in [1.54, 1.807) is 0 Å². The van der Waals surface area contributed by atoms with Crippen molar-refractivity contribution < 1.29 is 13.2 Å². The van der Waals surface area contributed by atoms with Crippen LogP contribution in [0.2, 0.25) is 0 Å². The monoisotopic (exact) mass is 428 g/mol. The van der Waals surface area contributed by atoms with Crippen LogP contribution in [0.3, 0.4) is 0 Å². The van der Waals surface area contributed by atoms with Gasteiger partial charge in [-0.2, -0.15) is 0 Å². The zero-order chi connectivity index (χ0) is 21.0. The van der Waals surface area contributed by atoms with Gasteiger partial charge in [-0.05, 0) is 85.9 Å². The van der Waals surface area contributed by atoms with E-state index in [-0.39, 0.29) is 5.75 Å². The molecule has 0 radical (unpaired) electrons. The van der Waals surface area contributed by atoms with E-state index in [0.717, 1.165) is 38.0 Å². The van der Waals surface area contributed by atoms with Crippen molar-refractivity contribution in [3.05, 3.63) is 65.2 Å². The Bertz CT molecular complexity index is 942. The summed E-state index contributed by atoms with van der Waals surface area (Å²) >= 11 is 0. The zero-order valence-electron chi connectivity index (χ0n) is 17.6. The summed E-state index contributed by atoms with van der Waals surface area (Å²) in [5, 5.41) is 3.35. The van der Waals surface area contributed by atoms with Crippen molar-refractivity contribution in [1.82, 2.24) is 10.0 Å². The van der Waals surface area contributed by atoms with E-state index < -0.39 is 10.0 Å². The second-order valence-electron chi connectivity index (χ2n) is 8.65. The molecule has 0 heterocycles. The number of sulfonamides is 1. The molecule has 0 aromatic heterocycles. The third kappa shape index (κ3) is 5.62. The van der Waals surface area contributed by atoms with Gasteiger partial charge in [0.2, 0.25) is 10.0 Å². The van der Waals surface area contributed by atoms with E-state index in [0.29, 0.717) is 30.9 Å². The summed E-state index contributed by atoms with van der Waals surface area (Å²) in [4.78, 5) is 0. The highest BCUT2D eigenvalue weighted by atomic mass is 32.2. The molecule has 0 saturated heterocycles. The summed E-state index contributed by atoms with van der Waals surface area (Å²) in [6.45, 7) is 1.64. The number of hydrogen-bond acceptors (Lipinski definition) is 4. The molecule has 6 heteroatoms. The van der Waals surface area contributed by atoms with Gasteiger partial charge in [-0.1, -0.05) is 36.4 Å². The van der Waals surface area contributed by atoms with Crippen LogP contribution in [0, 0.1) is 11.8 Å². The van der Waals surface area contributed by atoms with E-state index in [1.165, 1.54) is 16.7 Å². The number of benzene rings is 2. The Morgan fingerprint density at radius 1 is 1.10 bits per heavy atom. The Kier molecular flexibility index (Phi) is 6.76. The second-order valence-corrected chi connectivity index (χ2v) is 10.5. The first-order valence-electron chi connectivity index (χ1n) is 11.0. The Morgan fingerprint density at radius 3 is 2.63 bits per heavy atom. The van der Waals surface area contributed by atoms with Gasteiger partial charge in [0.05, 0.1) is 5.75 Å². The number of nitrogens with one attached hydrogen (secondary N) is 2. The van der Waals surface area contributed by atoms with E-state index in [2.05, 4.69) is 52.5 Å². The van der Waals surface area contributed by atoms with Crippen molar-refractivity contribution in [3.63, 3.8) is 0 Å². The first-order chi connectivity index (χ1) is 14.5. The van der Waals surface area contributed by atoms with Crippen molar-refractivity contribution in [2.75, 3.05) is 32.5 Å². The minimum atomic E-state index is -3.18. The lowest BCUT2D eigenvalue weighted by molar-refractivity contribution is 0.322. The van der Waals surface area contributed by atoms with Gasteiger partial charge in [0, 0.05) is 6.54 Å². The zero-order valence-corrected chi connectivity index (χ0v) is 18.5. The normalized spacial score (nSPS) is 20.8. The number of hydrogen-bond donors (Lipinski definition) is 2. The predicted molar refractivity (Wildman–Crippen MR) is 120 cm³/mol. The fourth-order valence-corrected chi connectivity index (χ4v) is 5.98. The van der Waals surface area contributed by atoms with Crippen LogP contribution in [-0.2, 0) is 22.9 Å². The van der Waals surface area contributed by atoms with Crippen LogP contribution < -0.4 is 14.8 Å². The average molecular weight is 429 g/mol. The molecule has 2 aliphatic carbocycles. The van der Waals surface area contributed by atoms with Crippen LogP contribution in [0.25, 0.3) is 0 Å². The molecule has 2 N–H and O–H groups in total. The van der Waals surface area contributed by atoms with Gasteiger partial charge < -0.3 is 10.1 Å². The third-order valence-corrected chi connectivity index (χ3v) is 7.73. The number of ether oxygens (including phenoxy) is 1.